The van der Waals surface area contributed by atoms with Gasteiger partial charge in [-0.2, -0.15) is 0 Å². The van der Waals surface area contributed by atoms with Crippen LogP contribution in [0.2, 0.25) is 0 Å². The molecule has 0 aromatic heterocycles. The maximum Gasteiger partial charge on any atom is 0.324 e. The van der Waals surface area contributed by atoms with E-state index in [9.17, 15) is 4.79 Å². The second kappa shape index (κ2) is 4.07. The van der Waals surface area contributed by atoms with Crippen molar-refractivity contribution >= 4 is 5.97 Å². The standard InChI is InChI=1S/C9H17NO3/c1-2-3-4-9(10,8(11)12)7-5-13-6-7/h7H,2-6,10H2,1H3,(H,11,12)/t9-/m1/s1. The molecular weight excluding hydrogens is 170 g/mol. The lowest BCUT2D eigenvalue weighted by Gasteiger charge is -2.39. The summed E-state index contributed by atoms with van der Waals surface area (Å²) in [7, 11) is 0. The van der Waals surface area contributed by atoms with Crippen LogP contribution < -0.4 is 5.73 Å². The summed E-state index contributed by atoms with van der Waals surface area (Å²) in [5.41, 5.74) is 4.79. The van der Waals surface area contributed by atoms with Crippen molar-refractivity contribution in [2.24, 2.45) is 11.7 Å². The van der Waals surface area contributed by atoms with E-state index in [4.69, 9.17) is 15.6 Å². The molecule has 4 heteroatoms. The molecule has 1 atom stereocenters. The van der Waals surface area contributed by atoms with Gasteiger partial charge < -0.3 is 15.6 Å². The topological polar surface area (TPSA) is 72.6 Å². The van der Waals surface area contributed by atoms with E-state index in [-0.39, 0.29) is 5.92 Å². The lowest BCUT2D eigenvalue weighted by molar-refractivity contribution is -0.156. The maximum atomic E-state index is 11.0. The molecule has 1 aliphatic heterocycles. The van der Waals surface area contributed by atoms with Crippen molar-refractivity contribution in [1.82, 2.24) is 0 Å². The number of hydrogen-bond acceptors (Lipinski definition) is 3. The smallest absolute Gasteiger partial charge is 0.324 e. The third-order valence-electron chi connectivity index (χ3n) is 2.71. The molecule has 0 amide bonds. The van der Waals surface area contributed by atoms with Gasteiger partial charge >= 0.3 is 5.97 Å². The largest absolute Gasteiger partial charge is 0.480 e. The third kappa shape index (κ3) is 2.00. The number of ether oxygens (including phenoxy) is 1. The second-order valence-corrected chi connectivity index (χ2v) is 3.68. The van der Waals surface area contributed by atoms with Gasteiger partial charge in [-0.15, -0.1) is 0 Å². The number of carboxylic acids is 1. The van der Waals surface area contributed by atoms with Gasteiger partial charge in [-0.1, -0.05) is 19.8 Å². The van der Waals surface area contributed by atoms with Gasteiger partial charge in [0.2, 0.25) is 0 Å². The van der Waals surface area contributed by atoms with Gasteiger partial charge in [0.05, 0.1) is 13.2 Å². The molecule has 0 aromatic carbocycles. The van der Waals surface area contributed by atoms with Crippen molar-refractivity contribution in [1.29, 1.82) is 0 Å². The highest BCUT2D eigenvalue weighted by Crippen LogP contribution is 2.27. The zero-order chi connectivity index (χ0) is 9.90. The first-order valence-corrected chi connectivity index (χ1v) is 4.71. The van der Waals surface area contributed by atoms with Crippen LogP contribution in [-0.2, 0) is 9.53 Å². The van der Waals surface area contributed by atoms with Crippen LogP contribution in [0, 0.1) is 5.92 Å². The summed E-state index contributed by atoms with van der Waals surface area (Å²) in [4.78, 5) is 11.0. The molecule has 13 heavy (non-hydrogen) atoms. The van der Waals surface area contributed by atoms with Crippen LogP contribution in [0.15, 0.2) is 0 Å². The molecule has 0 aromatic rings. The fourth-order valence-corrected chi connectivity index (χ4v) is 1.49. The molecule has 76 valence electrons. The van der Waals surface area contributed by atoms with Crippen LogP contribution in [0.25, 0.3) is 0 Å². The number of carbonyl (C=O) groups is 1. The summed E-state index contributed by atoms with van der Waals surface area (Å²) in [6.07, 6.45) is 2.38. The van der Waals surface area contributed by atoms with Gasteiger partial charge in [-0.25, -0.2) is 0 Å². The minimum absolute atomic E-state index is 0.00319. The zero-order valence-electron chi connectivity index (χ0n) is 7.95. The maximum absolute atomic E-state index is 11.0. The molecule has 0 saturated carbocycles. The Balaban J connectivity index is 2.56. The highest BCUT2D eigenvalue weighted by Gasteiger charge is 2.45. The monoisotopic (exact) mass is 187 g/mol. The van der Waals surface area contributed by atoms with Gasteiger partial charge in [-0.05, 0) is 6.42 Å². The summed E-state index contributed by atoms with van der Waals surface area (Å²) in [6.45, 7) is 3.01. The Bertz CT molecular complexity index is 191. The summed E-state index contributed by atoms with van der Waals surface area (Å²) >= 11 is 0. The van der Waals surface area contributed by atoms with E-state index >= 15 is 0 Å². The van der Waals surface area contributed by atoms with E-state index in [1.54, 1.807) is 0 Å². The average molecular weight is 187 g/mol. The number of nitrogens with two attached hydrogens (primary N) is 1. The quantitative estimate of drug-likeness (QED) is 0.661. The summed E-state index contributed by atoms with van der Waals surface area (Å²) < 4.78 is 4.97. The van der Waals surface area contributed by atoms with Crippen molar-refractivity contribution in [3.63, 3.8) is 0 Å². The van der Waals surface area contributed by atoms with E-state index in [0.29, 0.717) is 19.6 Å². The number of hydrogen-bond donors (Lipinski definition) is 2. The summed E-state index contributed by atoms with van der Waals surface area (Å²) in [5, 5.41) is 9.01. The van der Waals surface area contributed by atoms with Gasteiger partial charge in [0.1, 0.15) is 5.54 Å². The van der Waals surface area contributed by atoms with Crippen LogP contribution in [0.5, 0.6) is 0 Å². The molecule has 0 bridgehead atoms. The van der Waals surface area contributed by atoms with Crippen LogP contribution in [0.1, 0.15) is 26.2 Å². The van der Waals surface area contributed by atoms with Crippen molar-refractivity contribution < 1.29 is 14.6 Å². The highest BCUT2D eigenvalue weighted by atomic mass is 16.5. The lowest BCUT2D eigenvalue weighted by Crippen LogP contribution is -2.60. The number of aliphatic carboxylic acids is 1. The van der Waals surface area contributed by atoms with Gasteiger partial charge in [0, 0.05) is 5.92 Å². The van der Waals surface area contributed by atoms with E-state index < -0.39 is 11.5 Å². The molecule has 1 aliphatic rings. The molecule has 1 heterocycles. The Morgan fingerprint density at radius 3 is 2.62 bits per heavy atom. The Morgan fingerprint density at radius 2 is 2.31 bits per heavy atom. The Morgan fingerprint density at radius 1 is 1.69 bits per heavy atom. The molecule has 0 unspecified atom stereocenters. The van der Waals surface area contributed by atoms with Crippen molar-refractivity contribution in [2.45, 2.75) is 31.7 Å². The van der Waals surface area contributed by atoms with E-state index in [1.165, 1.54) is 0 Å². The van der Waals surface area contributed by atoms with Crippen molar-refractivity contribution in [3.8, 4) is 0 Å². The Labute approximate surface area is 78.1 Å². The number of carboxylic acid groups (broad SMARTS) is 1. The first-order chi connectivity index (χ1) is 6.11. The van der Waals surface area contributed by atoms with Crippen LogP contribution in [-0.4, -0.2) is 29.8 Å². The normalized spacial score (nSPS) is 22.0. The molecular formula is C9H17NO3. The third-order valence-corrected chi connectivity index (χ3v) is 2.71. The lowest BCUT2D eigenvalue weighted by atomic mass is 9.79. The summed E-state index contributed by atoms with van der Waals surface area (Å²) in [5.74, 6) is -0.897. The SMILES string of the molecule is CCCC[C@](N)(C(=O)O)C1COC1. The Hall–Kier alpha value is -0.610. The zero-order valence-corrected chi connectivity index (χ0v) is 7.95. The fraction of sp³-hybridized carbons (Fsp3) is 0.889. The first-order valence-electron chi connectivity index (χ1n) is 4.71. The number of unbranched alkanes of at least 4 members (excludes halogenated alkanes) is 1. The van der Waals surface area contributed by atoms with E-state index in [2.05, 4.69) is 0 Å². The number of rotatable bonds is 5. The molecule has 1 saturated heterocycles. The predicted molar refractivity (Wildman–Crippen MR) is 48.4 cm³/mol. The van der Waals surface area contributed by atoms with E-state index in [0.717, 1.165) is 12.8 Å². The predicted octanol–water partition coefficient (Wildman–Crippen LogP) is 0.605. The molecule has 4 nitrogen and oxygen atoms in total. The van der Waals surface area contributed by atoms with Gasteiger partial charge in [0.15, 0.2) is 0 Å². The minimum Gasteiger partial charge on any atom is -0.480 e. The molecule has 1 rings (SSSR count). The van der Waals surface area contributed by atoms with Crippen molar-refractivity contribution in [3.05, 3.63) is 0 Å². The molecule has 3 N–H and O–H groups in total. The Kier molecular flexibility index (Phi) is 3.27. The fourth-order valence-electron chi connectivity index (χ4n) is 1.49. The first kappa shape index (κ1) is 10.5. The van der Waals surface area contributed by atoms with Gasteiger partial charge in [-0.3, -0.25) is 4.79 Å². The van der Waals surface area contributed by atoms with E-state index in [1.807, 2.05) is 6.92 Å². The van der Waals surface area contributed by atoms with Crippen LogP contribution >= 0.6 is 0 Å². The molecule has 0 radical (unpaired) electrons. The second-order valence-electron chi connectivity index (χ2n) is 3.68. The summed E-state index contributed by atoms with van der Waals surface area (Å²) in [6, 6.07) is 0. The molecule has 1 fully saturated rings. The van der Waals surface area contributed by atoms with Crippen molar-refractivity contribution in [2.75, 3.05) is 13.2 Å². The van der Waals surface area contributed by atoms with Gasteiger partial charge in [0.25, 0.3) is 0 Å². The highest BCUT2D eigenvalue weighted by molar-refractivity contribution is 5.79. The van der Waals surface area contributed by atoms with Crippen LogP contribution in [0.4, 0.5) is 0 Å². The minimum atomic E-state index is -1.06. The van der Waals surface area contributed by atoms with Crippen LogP contribution in [0.3, 0.4) is 0 Å². The molecule has 0 spiro atoms. The average Bonchev–Trinajstić information content (AvgIpc) is 1.97. The molecule has 0 aliphatic carbocycles.